The zero-order valence-electron chi connectivity index (χ0n) is 7.76. The third-order valence-electron chi connectivity index (χ3n) is 2.79. The van der Waals surface area contributed by atoms with E-state index in [0.717, 1.165) is 19.0 Å². The van der Waals surface area contributed by atoms with Crippen molar-refractivity contribution in [1.82, 2.24) is 5.32 Å². The van der Waals surface area contributed by atoms with Crippen molar-refractivity contribution < 1.29 is 0 Å². The summed E-state index contributed by atoms with van der Waals surface area (Å²) in [6, 6.07) is 8.65. The monoisotopic (exact) mass is 239 g/mol. The van der Waals surface area contributed by atoms with Crippen molar-refractivity contribution in [3.8, 4) is 0 Å². The Morgan fingerprint density at radius 1 is 1.38 bits per heavy atom. The summed E-state index contributed by atoms with van der Waals surface area (Å²) in [5.74, 6) is 1.45. The summed E-state index contributed by atoms with van der Waals surface area (Å²) in [6.07, 6.45) is 0. The highest BCUT2D eigenvalue weighted by atomic mass is 79.9. The van der Waals surface area contributed by atoms with Gasteiger partial charge >= 0.3 is 0 Å². The number of nitrogens with one attached hydrogen (secondary N) is 1. The van der Waals surface area contributed by atoms with E-state index >= 15 is 0 Å². The summed E-state index contributed by atoms with van der Waals surface area (Å²) in [6.45, 7) is 4.58. The summed E-state index contributed by atoms with van der Waals surface area (Å²) in [5, 5.41) is 3.42. The van der Waals surface area contributed by atoms with Gasteiger partial charge in [-0.25, -0.2) is 0 Å². The van der Waals surface area contributed by atoms with Gasteiger partial charge in [0.15, 0.2) is 0 Å². The average molecular weight is 240 g/mol. The first-order chi connectivity index (χ1) is 6.27. The molecule has 1 fully saturated rings. The molecule has 70 valence electrons. The minimum atomic E-state index is 0.692. The van der Waals surface area contributed by atoms with E-state index < -0.39 is 0 Å². The Morgan fingerprint density at radius 2 is 2.23 bits per heavy atom. The first-order valence-corrected chi connectivity index (χ1v) is 5.53. The number of rotatable bonds is 1. The van der Waals surface area contributed by atoms with Crippen LogP contribution in [0, 0.1) is 5.92 Å². The molecule has 1 saturated heterocycles. The molecular formula is C11H14BrN. The van der Waals surface area contributed by atoms with Gasteiger partial charge in [0.25, 0.3) is 0 Å². The van der Waals surface area contributed by atoms with Crippen LogP contribution in [-0.2, 0) is 0 Å². The van der Waals surface area contributed by atoms with Crippen molar-refractivity contribution >= 4 is 15.9 Å². The van der Waals surface area contributed by atoms with Gasteiger partial charge in [0.1, 0.15) is 0 Å². The summed E-state index contributed by atoms with van der Waals surface area (Å²) in [4.78, 5) is 0. The number of halogens is 1. The van der Waals surface area contributed by atoms with Crippen LogP contribution in [-0.4, -0.2) is 13.1 Å². The predicted molar refractivity (Wildman–Crippen MR) is 58.9 cm³/mol. The van der Waals surface area contributed by atoms with Crippen molar-refractivity contribution in [3.05, 3.63) is 34.3 Å². The molecule has 1 heterocycles. The Morgan fingerprint density at radius 3 is 2.85 bits per heavy atom. The van der Waals surface area contributed by atoms with Gasteiger partial charge in [-0.05, 0) is 30.2 Å². The van der Waals surface area contributed by atoms with Crippen molar-refractivity contribution in [2.75, 3.05) is 13.1 Å². The van der Waals surface area contributed by atoms with E-state index in [-0.39, 0.29) is 0 Å². The van der Waals surface area contributed by atoms with Crippen LogP contribution in [0.15, 0.2) is 28.7 Å². The molecule has 1 aliphatic heterocycles. The van der Waals surface area contributed by atoms with Gasteiger partial charge in [-0.3, -0.25) is 0 Å². The van der Waals surface area contributed by atoms with Crippen LogP contribution in [0.2, 0.25) is 0 Å². The standard InChI is InChI=1S/C11H14BrN/c1-8-6-13-7-11(8)9-3-2-4-10(12)5-9/h2-5,8,11,13H,6-7H2,1H3/t8-,11-/m0/s1. The molecule has 1 aliphatic rings. The van der Waals surface area contributed by atoms with Gasteiger partial charge < -0.3 is 5.32 Å². The normalized spacial score (nSPS) is 27.8. The molecule has 0 spiro atoms. The molecule has 1 nitrogen and oxygen atoms in total. The minimum absolute atomic E-state index is 0.692. The molecular weight excluding hydrogens is 226 g/mol. The molecule has 0 unspecified atom stereocenters. The highest BCUT2D eigenvalue weighted by Gasteiger charge is 2.24. The maximum Gasteiger partial charge on any atom is 0.0178 e. The van der Waals surface area contributed by atoms with E-state index in [2.05, 4.69) is 52.4 Å². The second-order valence-corrected chi connectivity index (χ2v) is 4.71. The summed E-state index contributed by atoms with van der Waals surface area (Å²) >= 11 is 3.51. The fraction of sp³-hybridized carbons (Fsp3) is 0.455. The molecule has 0 radical (unpaired) electrons. The molecule has 2 atom stereocenters. The van der Waals surface area contributed by atoms with Crippen LogP contribution in [0.4, 0.5) is 0 Å². The molecule has 2 heteroatoms. The lowest BCUT2D eigenvalue weighted by atomic mass is 9.90. The Bertz CT molecular complexity index is 298. The number of benzene rings is 1. The second-order valence-electron chi connectivity index (χ2n) is 3.80. The van der Waals surface area contributed by atoms with Gasteiger partial charge in [-0.2, -0.15) is 0 Å². The molecule has 0 aromatic heterocycles. The van der Waals surface area contributed by atoms with E-state index in [1.54, 1.807) is 0 Å². The quantitative estimate of drug-likeness (QED) is 0.795. The topological polar surface area (TPSA) is 12.0 Å². The first kappa shape index (κ1) is 9.22. The van der Waals surface area contributed by atoms with E-state index in [9.17, 15) is 0 Å². The zero-order chi connectivity index (χ0) is 9.26. The van der Waals surface area contributed by atoms with Gasteiger partial charge in [0.05, 0.1) is 0 Å². The number of hydrogen-bond acceptors (Lipinski definition) is 1. The minimum Gasteiger partial charge on any atom is -0.316 e. The lowest BCUT2D eigenvalue weighted by molar-refractivity contribution is 0.572. The van der Waals surface area contributed by atoms with Crippen molar-refractivity contribution in [2.24, 2.45) is 5.92 Å². The van der Waals surface area contributed by atoms with E-state index in [1.807, 2.05) is 0 Å². The van der Waals surface area contributed by atoms with Crippen LogP contribution < -0.4 is 5.32 Å². The van der Waals surface area contributed by atoms with Crippen molar-refractivity contribution in [2.45, 2.75) is 12.8 Å². The lowest BCUT2D eigenvalue weighted by Crippen LogP contribution is -2.07. The van der Waals surface area contributed by atoms with Crippen molar-refractivity contribution in [1.29, 1.82) is 0 Å². The first-order valence-electron chi connectivity index (χ1n) is 4.73. The molecule has 0 bridgehead atoms. The zero-order valence-corrected chi connectivity index (χ0v) is 9.34. The molecule has 0 saturated carbocycles. The Kier molecular flexibility index (Phi) is 2.70. The summed E-state index contributed by atoms with van der Waals surface area (Å²) in [5.41, 5.74) is 1.45. The van der Waals surface area contributed by atoms with Gasteiger partial charge in [-0.15, -0.1) is 0 Å². The molecule has 2 rings (SSSR count). The highest BCUT2D eigenvalue weighted by molar-refractivity contribution is 9.10. The lowest BCUT2D eigenvalue weighted by Gasteiger charge is -2.14. The Hall–Kier alpha value is -0.340. The molecule has 13 heavy (non-hydrogen) atoms. The van der Waals surface area contributed by atoms with E-state index in [4.69, 9.17) is 0 Å². The van der Waals surface area contributed by atoms with Crippen LogP contribution in [0.5, 0.6) is 0 Å². The average Bonchev–Trinajstić information content (AvgIpc) is 2.51. The second kappa shape index (κ2) is 3.81. The van der Waals surface area contributed by atoms with E-state index in [0.29, 0.717) is 5.92 Å². The van der Waals surface area contributed by atoms with Crippen LogP contribution >= 0.6 is 15.9 Å². The van der Waals surface area contributed by atoms with Crippen LogP contribution in [0.3, 0.4) is 0 Å². The molecule has 0 amide bonds. The fourth-order valence-corrected chi connectivity index (χ4v) is 2.41. The smallest absolute Gasteiger partial charge is 0.0178 e. The van der Waals surface area contributed by atoms with Gasteiger partial charge in [-0.1, -0.05) is 35.0 Å². The summed E-state index contributed by atoms with van der Waals surface area (Å²) < 4.78 is 1.18. The number of hydrogen-bond donors (Lipinski definition) is 1. The fourth-order valence-electron chi connectivity index (χ4n) is 1.99. The predicted octanol–water partition coefficient (Wildman–Crippen LogP) is 2.77. The Labute approximate surface area is 87.7 Å². The third-order valence-corrected chi connectivity index (χ3v) is 3.29. The Balaban J connectivity index is 2.24. The van der Waals surface area contributed by atoms with Crippen LogP contribution in [0.1, 0.15) is 18.4 Å². The van der Waals surface area contributed by atoms with Crippen molar-refractivity contribution in [3.63, 3.8) is 0 Å². The van der Waals surface area contributed by atoms with Crippen LogP contribution in [0.25, 0.3) is 0 Å². The third kappa shape index (κ3) is 1.94. The summed E-state index contributed by atoms with van der Waals surface area (Å²) in [7, 11) is 0. The van der Waals surface area contributed by atoms with Gasteiger partial charge in [0, 0.05) is 16.9 Å². The maximum atomic E-state index is 3.51. The molecule has 1 aromatic rings. The molecule has 1 aromatic carbocycles. The largest absolute Gasteiger partial charge is 0.316 e. The maximum absolute atomic E-state index is 3.51. The SMILES string of the molecule is C[C@H]1CNC[C@@H]1c1cccc(Br)c1. The molecule has 1 N–H and O–H groups in total. The molecule has 0 aliphatic carbocycles. The van der Waals surface area contributed by atoms with E-state index in [1.165, 1.54) is 10.0 Å². The highest BCUT2D eigenvalue weighted by Crippen LogP contribution is 2.28. The van der Waals surface area contributed by atoms with Gasteiger partial charge in [0.2, 0.25) is 0 Å².